The van der Waals surface area contributed by atoms with Gasteiger partial charge in [0.1, 0.15) is 0 Å². The minimum absolute atomic E-state index is 0. The number of anilines is 1. The monoisotopic (exact) mass is 522 g/mol. The first-order valence-electron chi connectivity index (χ1n) is 8.00. The van der Waals surface area contributed by atoms with Crippen molar-refractivity contribution in [2.45, 2.75) is 13.1 Å². The van der Waals surface area contributed by atoms with Crippen LogP contribution in [0.15, 0.2) is 53.5 Å². The fourth-order valence-corrected chi connectivity index (χ4v) is 3.33. The van der Waals surface area contributed by atoms with Gasteiger partial charge < -0.3 is 10.2 Å². The highest BCUT2D eigenvalue weighted by molar-refractivity contribution is 14.0. The number of hydrogen-bond donors (Lipinski definition) is 2. The van der Waals surface area contributed by atoms with Crippen LogP contribution in [0.1, 0.15) is 11.1 Å². The van der Waals surface area contributed by atoms with Crippen molar-refractivity contribution < 1.29 is 8.42 Å². The predicted molar refractivity (Wildman–Crippen MR) is 123 cm³/mol. The lowest BCUT2D eigenvalue weighted by atomic mass is 10.2. The molecule has 0 fully saturated rings. The number of aliphatic imine (C=N–C) groups is 1. The van der Waals surface area contributed by atoms with Gasteiger partial charge in [0.2, 0.25) is 10.0 Å². The van der Waals surface area contributed by atoms with Gasteiger partial charge in [-0.1, -0.05) is 41.9 Å². The molecule has 0 bridgehead atoms. The number of hydrogen-bond acceptors (Lipinski definition) is 3. The zero-order valence-electron chi connectivity index (χ0n) is 15.4. The zero-order chi connectivity index (χ0) is 19.2. The Labute approximate surface area is 183 Å². The molecular formula is C18H24ClIN4O2S. The van der Waals surface area contributed by atoms with Crippen LogP contribution in [0.2, 0.25) is 5.02 Å². The van der Waals surface area contributed by atoms with Crippen LogP contribution in [0.5, 0.6) is 0 Å². The van der Waals surface area contributed by atoms with E-state index in [2.05, 4.69) is 15.0 Å². The van der Waals surface area contributed by atoms with E-state index in [1.807, 2.05) is 48.3 Å². The van der Waals surface area contributed by atoms with E-state index in [4.69, 9.17) is 11.6 Å². The third-order valence-corrected chi connectivity index (χ3v) is 4.46. The van der Waals surface area contributed by atoms with Crippen LogP contribution in [0, 0.1) is 0 Å². The van der Waals surface area contributed by atoms with Crippen LogP contribution >= 0.6 is 35.6 Å². The minimum Gasteiger partial charge on any atom is -0.352 e. The standard InChI is InChI=1S/C18H23ClN4O2S.HI/c1-20-18(23(2)13-14-7-6-9-16(19)11-14)21-12-15-8-4-5-10-17(15)22-26(3,24)25;/h4-11,22H,12-13H2,1-3H3,(H,20,21);1H. The van der Waals surface area contributed by atoms with Crippen LogP contribution in [0.4, 0.5) is 5.69 Å². The van der Waals surface area contributed by atoms with Gasteiger partial charge in [-0.15, -0.1) is 24.0 Å². The molecule has 6 nitrogen and oxygen atoms in total. The molecule has 0 amide bonds. The summed E-state index contributed by atoms with van der Waals surface area (Å²) in [4.78, 5) is 6.26. The van der Waals surface area contributed by atoms with Crippen LogP contribution in [0.3, 0.4) is 0 Å². The largest absolute Gasteiger partial charge is 0.352 e. The van der Waals surface area contributed by atoms with Gasteiger partial charge in [-0.3, -0.25) is 9.71 Å². The Morgan fingerprint density at radius 2 is 1.89 bits per heavy atom. The molecule has 0 saturated carbocycles. The normalized spacial score (nSPS) is 11.5. The summed E-state index contributed by atoms with van der Waals surface area (Å²) in [6.07, 6.45) is 1.13. The molecule has 2 rings (SSSR count). The highest BCUT2D eigenvalue weighted by Crippen LogP contribution is 2.16. The van der Waals surface area contributed by atoms with Crippen molar-refractivity contribution >= 4 is 57.2 Å². The molecule has 0 aliphatic heterocycles. The SMILES string of the molecule is CN=C(NCc1ccccc1NS(C)(=O)=O)N(C)Cc1cccc(Cl)c1.I. The van der Waals surface area contributed by atoms with Crippen LogP contribution in [-0.4, -0.2) is 39.6 Å². The van der Waals surface area contributed by atoms with Crippen molar-refractivity contribution in [3.63, 3.8) is 0 Å². The van der Waals surface area contributed by atoms with E-state index in [1.54, 1.807) is 19.2 Å². The molecule has 9 heteroatoms. The smallest absolute Gasteiger partial charge is 0.229 e. The molecule has 0 aliphatic rings. The molecule has 27 heavy (non-hydrogen) atoms. The predicted octanol–water partition coefficient (Wildman–Crippen LogP) is 3.54. The van der Waals surface area contributed by atoms with Crippen molar-refractivity contribution in [2.75, 3.05) is 25.1 Å². The average molecular weight is 523 g/mol. The highest BCUT2D eigenvalue weighted by atomic mass is 127. The van der Waals surface area contributed by atoms with Crippen LogP contribution < -0.4 is 10.0 Å². The van der Waals surface area contributed by atoms with Crippen molar-refractivity contribution in [3.05, 3.63) is 64.7 Å². The quantitative estimate of drug-likeness (QED) is 0.346. The summed E-state index contributed by atoms with van der Waals surface area (Å²) in [6.45, 7) is 1.08. The Morgan fingerprint density at radius 1 is 1.19 bits per heavy atom. The molecule has 148 valence electrons. The Hall–Kier alpha value is -1.52. The second kappa shape index (κ2) is 10.7. The zero-order valence-corrected chi connectivity index (χ0v) is 19.3. The number of sulfonamides is 1. The van der Waals surface area contributed by atoms with Gasteiger partial charge in [0.15, 0.2) is 5.96 Å². The Balaban J connectivity index is 0.00000364. The first-order valence-corrected chi connectivity index (χ1v) is 10.3. The lowest BCUT2D eigenvalue weighted by molar-refractivity contribution is 0.476. The minimum atomic E-state index is -3.34. The molecule has 0 heterocycles. The Kier molecular flexibility index (Phi) is 9.34. The summed E-state index contributed by atoms with van der Waals surface area (Å²) in [6, 6.07) is 14.9. The van der Waals surface area contributed by atoms with Gasteiger partial charge in [0.25, 0.3) is 0 Å². The van der Waals surface area contributed by atoms with Gasteiger partial charge in [0, 0.05) is 32.2 Å². The summed E-state index contributed by atoms with van der Waals surface area (Å²) >= 11 is 6.03. The first kappa shape index (κ1) is 23.5. The van der Waals surface area contributed by atoms with E-state index in [1.165, 1.54) is 0 Å². The number of nitrogens with one attached hydrogen (secondary N) is 2. The molecule has 0 radical (unpaired) electrons. The van der Waals surface area contributed by atoms with Crippen LogP contribution in [0.25, 0.3) is 0 Å². The van der Waals surface area contributed by atoms with Gasteiger partial charge in [-0.2, -0.15) is 0 Å². The Morgan fingerprint density at radius 3 is 2.52 bits per heavy atom. The molecule has 0 spiro atoms. The second-order valence-electron chi connectivity index (χ2n) is 5.92. The third kappa shape index (κ3) is 7.94. The van der Waals surface area contributed by atoms with Crippen molar-refractivity contribution in [1.29, 1.82) is 0 Å². The van der Waals surface area contributed by atoms with E-state index in [0.29, 0.717) is 29.8 Å². The molecule has 0 aliphatic carbocycles. The topological polar surface area (TPSA) is 73.8 Å². The maximum absolute atomic E-state index is 11.5. The molecule has 2 aromatic carbocycles. The summed E-state index contributed by atoms with van der Waals surface area (Å²) in [5.41, 5.74) is 2.45. The number of nitrogens with zero attached hydrogens (tertiary/aromatic N) is 2. The van der Waals surface area contributed by atoms with Crippen LogP contribution in [-0.2, 0) is 23.1 Å². The Bertz CT molecular complexity index is 890. The number of para-hydroxylation sites is 1. The summed E-state index contributed by atoms with van der Waals surface area (Å²) in [5.74, 6) is 0.694. The summed E-state index contributed by atoms with van der Waals surface area (Å²) < 4.78 is 25.6. The maximum Gasteiger partial charge on any atom is 0.229 e. The van der Waals surface area contributed by atoms with E-state index in [0.717, 1.165) is 17.4 Å². The number of benzene rings is 2. The van der Waals surface area contributed by atoms with Gasteiger partial charge >= 0.3 is 0 Å². The van der Waals surface area contributed by atoms with Gasteiger partial charge in [-0.05, 0) is 29.3 Å². The van der Waals surface area contributed by atoms with E-state index >= 15 is 0 Å². The summed E-state index contributed by atoms with van der Waals surface area (Å²) in [7, 11) is 0.297. The van der Waals surface area contributed by atoms with E-state index < -0.39 is 10.0 Å². The highest BCUT2D eigenvalue weighted by Gasteiger charge is 2.10. The first-order chi connectivity index (χ1) is 12.3. The molecule has 0 unspecified atom stereocenters. The van der Waals surface area contributed by atoms with Gasteiger partial charge in [0.05, 0.1) is 11.9 Å². The van der Waals surface area contributed by atoms with E-state index in [9.17, 15) is 8.42 Å². The fourth-order valence-electron chi connectivity index (χ4n) is 2.52. The van der Waals surface area contributed by atoms with Gasteiger partial charge in [-0.25, -0.2) is 8.42 Å². The van der Waals surface area contributed by atoms with Crippen molar-refractivity contribution in [2.24, 2.45) is 4.99 Å². The molecule has 0 aromatic heterocycles. The van der Waals surface area contributed by atoms with Crippen molar-refractivity contribution in [1.82, 2.24) is 10.2 Å². The lowest BCUT2D eigenvalue weighted by Gasteiger charge is -2.23. The maximum atomic E-state index is 11.5. The number of rotatable bonds is 6. The molecule has 0 atom stereocenters. The van der Waals surface area contributed by atoms with Crippen molar-refractivity contribution in [3.8, 4) is 0 Å². The molecule has 2 aromatic rings. The second-order valence-corrected chi connectivity index (χ2v) is 8.10. The van der Waals surface area contributed by atoms with E-state index in [-0.39, 0.29) is 24.0 Å². The lowest BCUT2D eigenvalue weighted by Crippen LogP contribution is -2.38. The fraction of sp³-hybridized carbons (Fsp3) is 0.278. The third-order valence-electron chi connectivity index (χ3n) is 3.63. The molecular weight excluding hydrogens is 499 g/mol. The summed E-state index contributed by atoms with van der Waals surface area (Å²) in [5, 5.41) is 3.95. The molecule has 0 saturated heterocycles. The average Bonchev–Trinajstić information content (AvgIpc) is 2.55. The molecule has 2 N–H and O–H groups in total. The number of guanidine groups is 1. The number of halogens is 2.